The highest BCUT2D eigenvalue weighted by Gasteiger charge is 2.39. The maximum Gasteiger partial charge on any atom is 0.407 e. The lowest BCUT2D eigenvalue weighted by atomic mass is 9.95. The van der Waals surface area contributed by atoms with Crippen molar-refractivity contribution in [1.82, 2.24) is 40.4 Å². The smallest absolute Gasteiger partial charge is 0.407 e. The first-order valence-corrected chi connectivity index (χ1v) is 21.1. The number of ether oxygens (including phenoxy) is 2. The number of methoxy groups -OCH3 is 2. The molecule has 2 saturated heterocycles. The van der Waals surface area contributed by atoms with Crippen LogP contribution in [0.5, 0.6) is 0 Å². The van der Waals surface area contributed by atoms with Gasteiger partial charge in [-0.3, -0.25) is 9.59 Å². The molecule has 4 aromatic carbocycles. The van der Waals surface area contributed by atoms with E-state index in [-0.39, 0.29) is 29.8 Å². The van der Waals surface area contributed by atoms with Crippen LogP contribution < -0.4 is 10.6 Å². The number of carbonyl (C=O) groups excluding carboxylic acids is 4. The van der Waals surface area contributed by atoms with Gasteiger partial charge in [-0.15, -0.1) is 0 Å². The molecule has 0 saturated carbocycles. The highest BCUT2D eigenvalue weighted by Crippen LogP contribution is 2.37. The molecule has 14 heteroatoms. The third kappa shape index (κ3) is 8.49. The number of benzene rings is 4. The van der Waals surface area contributed by atoms with Crippen LogP contribution in [0.2, 0.25) is 0 Å². The van der Waals surface area contributed by atoms with E-state index >= 15 is 0 Å². The Bertz CT molecular complexity index is 2600. The largest absolute Gasteiger partial charge is 0.453 e. The quantitative estimate of drug-likeness (QED) is 0.101. The van der Waals surface area contributed by atoms with E-state index in [1.54, 1.807) is 4.90 Å². The summed E-state index contributed by atoms with van der Waals surface area (Å²) in [5, 5.41) is 7.61. The van der Waals surface area contributed by atoms with Crippen molar-refractivity contribution < 1.29 is 28.7 Å². The summed E-state index contributed by atoms with van der Waals surface area (Å²) < 4.78 is 9.62. The second kappa shape index (κ2) is 17.9. The number of likely N-dealkylation sites (tertiary alicyclic amines) is 2. The number of fused-ring (bicyclic) bond motifs is 1. The Morgan fingerprint density at radius 3 is 2.05 bits per heavy atom. The zero-order chi connectivity index (χ0) is 43.5. The first-order chi connectivity index (χ1) is 30.0. The highest BCUT2D eigenvalue weighted by molar-refractivity contribution is 5.91. The predicted molar refractivity (Wildman–Crippen MR) is 236 cm³/mol. The van der Waals surface area contributed by atoms with Crippen LogP contribution >= 0.6 is 0 Å². The minimum Gasteiger partial charge on any atom is -0.453 e. The van der Waals surface area contributed by atoms with Gasteiger partial charge in [0.1, 0.15) is 23.7 Å². The van der Waals surface area contributed by atoms with E-state index in [0.29, 0.717) is 24.5 Å². The van der Waals surface area contributed by atoms with Gasteiger partial charge in [0.05, 0.1) is 43.9 Å². The number of amides is 4. The fourth-order valence-corrected chi connectivity index (χ4v) is 8.82. The summed E-state index contributed by atoms with van der Waals surface area (Å²) >= 11 is 0. The second-order valence-electron chi connectivity index (χ2n) is 16.4. The summed E-state index contributed by atoms with van der Waals surface area (Å²) in [6.45, 7) is 7.06. The summed E-state index contributed by atoms with van der Waals surface area (Å²) in [5.41, 5.74) is 7.62. The molecule has 0 spiro atoms. The van der Waals surface area contributed by atoms with E-state index in [0.717, 1.165) is 81.5 Å². The summed E-state index contributed by atoms with van der Waals surface area (Å²) in [6.07, 6.45) is 5.61. The SMILES string of the molecule is COC(=O)N[C@H](C(=O)N1CCC[C@H]1c1nc(-c2ccc3cc(-c4ccc(-c5cnc([C@@H]6CCCN6C(=O)[C@H](NC(=O)OC)c6ccccc6)[nH]5)cc4C)ccc3c2)c[nH]1)C(C)C. The lowest BCUT2D eigenvalue weighted by Gasteiger charge is -2.29. The van der Waals surface area contributed by atoms with Crippen molar-refractivity contribution in [3.8, 4) is 33.6 Å². The molecule has 4 heterocycles. The molecule has 2 aromatic heterocycles. The molecule has 4 N–H and O–H groups in total. The van der Waals surface area contributed by atoms with E-state index in [1.165, 1.54) is 14.2 Å². The van der Waals surface area contributed by atoms with Gasteiger partial charge in [0.25, 0.3) is 5.91 Å². The summed E-state index contributed by atoms with van der Waals surface area (Å²) in [7, 11) is 2.58. The standard InChI is InChI=1S/C48H52N8O6/c1-28(2)41(53-47(59)61-4)45(57)55-21-9-13-39(55)43-50-27-38(52-43)35-18-16-31-24-33(17-15-32(31)25-35)36-20-19-34(23-29(36)3)37-26-49-44(51-37)40-14-10-22-56(40)46(58)42(54-48(60)62-5)30-11-7-6-8-12-30/h6-8,11-12,15-20,23-28,39-42H,9-10,13-14,21-22H2,1-5H3,(H,49,51)(H,50,52)(H,53,59)(H,54,60)/t39-,40-,41-,42+/m0/s1. The van der Waals surface area contributed by atoms with Crippen molar-refractivity contribution in [2.45, 2.75) is 70.6 Å². The van der Waals surface area contributed by atoms with E-state index in [1.807, 2.05) is 61.5 Å². The number of carbonyl (C=O) groups is 4. The van der Waals surface area contributed by atoms with Gasteiger partial charge in [-0.05, 0) is 95.3 Å². The average Bonchev–Trinajstić information content (AvgIpc) is 4.14. The normalized spacial score (nSPS) is 17.3. The van der Waals surface area contributed by atoms with Crippen LogP contribution in [0.4, 0.5) is 9.59 Å². The molecule has 62 heavy (non-hydrogen) atoms. The van der Waals surface area contributed by atoms with Crippen LogP contribution in [0, 0.1) is 12.8 Å². The number of hydrogen-bond donors (Lipinski definition) is 4. The first kappa shape index (κ1) is 41.8. The van der Waals surface area contributed by atoms with Gasteiger partial charge in [0, 0.05) is 24.8 Å². The number of aromatic amines is 2. The van der Waals surface area contributed by atoms with Gasteiger partial charge in [-0.25, -0.2) is 19.6 Å². The Hall–Kier alpha value is -6.96. The third-order valence-electron chi connectivity index (χ3n) is 12.1. The monoisotopic (exact) mass is 836 g/mol. The molecule has 0 bridgehead atoms. The Labute approximate surface area is 360 Å². The number of aromatic nitrogens is 4. The first-order valence-electron chi connectivity index (χ1n) is 21.1. The lowest BCUT2D eigenvalue weighted by molar-refractivity contribution is -0.135. The van der Waals surface area contributed by atoms with Crippen LogP contribution in [0.25, 0.3) is 44.4 Å². The molecular formula is C48H52N8O6. The molecule has 0 radical (unpaired) electrons. The van der Waals surface area contributed by atoms with E-state index in [4.69, 9.17) is 19.4 Å². The molecule has 14 nitrogen and oxygen atoms in total. The minimum absolute atomic E-state index is 0.109. The number of rotatable bonds is 11. The van der Waals surface area contributed by atoms with Gasteiger partial charge in [-0.1, -0.05) is 80.6 Å². The molecule has 8 rings (SSSR count). The van der Waals surface area contributed by atoms with Gasteiger partial charge in [0.2, 0.25) is 5.91 Å². The van der Waals surface area contributed by atoms with Crippen LogP contribution in [-0.4, -0.2) is 87.1 Å². The molecule has 320 valence electrons. The van der Waals surface area contributed by atoms with E-state index in [9.17, 15) is 19.2 Å². The molecular weight excluding hydrogens is 785 g/mol. The number of alkyl carbamates (subject to hydrolysis) is 2. The van der Waals surface area contributed by atoms with E-state index in [2.05, 4.69) is 82.1 Å². The summed E-state index contributed by atoms with van der Waals surface area (Å²) in [4.78, 5) is 72.0. The maximum atomic E-state index is 14.0. The zero-order valence-electron chi connectivity index (χ0n) is 35.6. The second-order valence-corrected chi connectivity index (χ2v) is 16.4. The maximum absolute atomic E-state index is 14.0. The molecule has 2 aliphatic rings. The Morgan fingerprint density at radius 1 is 0.742 bits per heavy atom. The Morgan fingerprint density at radius 2 is 1.37 bits per heavy atom. The molecule has 2 fully saturated rings. The average molecular weight is 837 g/mol. The number of nitrogens with zero attached hydrogens (tertiary/aromatic N) is 4. The number of imidazole rings is 2. The lowest BCUT2D eigenvalue weighted by Crippen LogP contribution is -2.51. The third-order valence-corrected chi connectivity index (χ3v) is 12.1. The van der Waals surface area contributed by atoms with Crippen molar-refractivity contribution in [1.29, 1.82) is 0 Å². The molecule has 0 unspecified atom stereocenters. The van der Waals surface area contributed by atoms with Gasteiger partial charge < -0.3 is 39.9 Å². The van der Waals surface area contributed by atoms with Crippen molar-refractivity contribution in [2.24, 2.45) is 5.92 Å². The Kier molecular flexibility index (Phi) is 12.1. The number of hydrogen-bond acceptors (Lipinski definition) is 8. The van der Waals surface area contributed by atoms with Gasteiger partial charge >= 0.3 is 12.2 Å². The van der Waals surface area contributed by atoms with Crippen molar-refractivity contribution >= 4 is 34.8 Å². The van der Waals surface area contributed by atoms with Crippen LogP contribution in [0.1, 0.15) is 80.4 Å². The van der Waals surface area contributed by atoms with Gasteiger partial charge in [0.15, 0.2) is 0 Å². The van der Waals surface area contributed by atoms with Crippen molar-refractivity contribution in [3.05, 3.63) is 120 Å². The van der Waals surface area contributed by atoms with Crippen molar-refractivity contribution in [3.63, 3.8) is 0 Å². The van der Waals surface area contributed by atoms with Crippen molar-refractivity contribution in [2.75, 3.05) is 27.3 Å². The Balaban J connectivity index is 0.961. The molecule has 2 aliphatic heterocycles. The van der Waals surface area contributed by atoms with Crippen LogP contribution in [-0.2, 0) is 19.1 Å². The number of aryl methyl sites for hydroxylation is 1. The zero-order valence-corrected chi connectivity index (χ0v) is 35.6. The summed E-state index contributed by atoms with van der Waals surface area (Å²) in [5.74, 6) is 0.974. The van der Waals surface area contributed by atoms with Gasteiger partial charge in [-0.2, -0.15) is 0 Å². The molecule has 6 aromatic rings. The fourth-order valence-electron chi connectivity index (χ4n) is 8.82. The van der Waals surface area contributed by atoms with Crippen LogP contribution in [0.15, 0.2) is 97.3 Å². The predicted octanol–water partition coefficient (Wildman–Crippen LogP) is 8.40. The topological polar surface area (TPSA) is 175 Å². The number of H-pyrrole nitrogens is 2. The number of nitrogens with one attached hydrogen (secondary N) is 4. The van der Waals surface area contributed by atoms with E-state index < -0.39 is 24.3 Å². The molecule has 4 amide bonds. The van der Waals surface area contributed by atoms with Crippen LogP contribution in [0.3, 0.4) is 0 Å². The highest BCUT2D eigenvalue weighted by atomic mass is 16.5. The molecule has 0 aliphatic carbocycles. The summed E-state index contributed by atoms with van der Waals surface area (Å²) in [6, 6.07) is 26.3. The fraction of sp³-hybridized carbons (Fsp3) is 0.333. The minimum atomic E-state index is -0.882. The molecule has 4 atom stereocenters.